The number of benzene rings is 1. The standard InChI is InChI=1S/C17H19F3N6/c1-9(21)15(10(2)23-3)13-8-14(22)26-16(25-13)24-12-6-4-11(5-7-12)17(18,19)20/h4-8H,21H2,1-3H3,(H3,22,24,25,26). The molecule has 5 N–H and O–H groups in total. The first-order valence-corrected chi connectivity index (χ1v) is 7.61. The summed E-state index contributed by atoms with van der Waals surface area (Å²) in [6, 6.07) is 6.08. The van der Waals surface area contributed by atoms with Crippen molar-refractivity contribution in [3.63, 3.8) is 0 Å². The minimum atomic E-state index is -4.39. The minimum absolute atomic E-state index is 0.141. The van der Waals surface area contributed by atoms with Crippen LogP contribution in [0.1, 0.15) is 25.1 Å². The summed E-state index contributed by atoms with van der Waals surface area (Å²) in [5.41, 5.74) is 13.7. The van der Waals surface area contributed by atoms with Crippen molar-refractivity contribution in [2.75, 3.05) is 18.1 Å². The number of nitrogens with zero attached hydrogens (tertiary/aromatic N) is 3. The van der Waals surface area contributed by atoms with Crippen molar-refractivity contribution in [2.24, 2.45) is 10.7 Å². The number of alkyl halides is 3. The van der Waals surface area contributed by atoms with Crippen molar-refractivity contribution in [1.82, 2.24) is 9.97 Å². The fourth-order valence-electron chi connectivity index (χ4n) is 2.31. The minimum Gasteiger partial charge on any atom is -0.402 e. The molecule has 0 aliphatic rings. The van der Waals surface area contributed by atoms with Crippen LogP contribution in [0.25, 0.3) is 5.57 Å². The van der Waals surface area contributed by atoms with Gasteiger partial charge in [0, 0.05) is 35.8 Å². The Hall–Kier alpha value is -3.10. The van der Waals surface area contributed by atoms with Crippen molar-refractivity contribution < 1.29 is 13.2 Å². The van der Waals surface area contributed by atoms with E-state index in [1.165, 1.54) is 12.1 Å². The maximum absolute atomic E-state index is 12.6. The molecule has 2 rings (SSSR count). The van der Waals surface area contributed by atoms with Crippen LogP contribution in [0.3, 0.4) is 0 Å². The van der Waals surface area contributed by atoms with Gasteiger partial charge >= 0.3 is 6.18 Å². The van der Waals surface area contributed by atoms with Gasteiger partial charge in [-0.2, -0.15) is 18.2 Å². The van der Waals surface area contributed by atoms with Gasteiger partial charge in [0.05, 0.1) is 11.3 Å². The number of halogens is 3. The van der Waals surface area contributed by atoms with Gasteiger partial charge in [0.2, 0.25) is 5.95 Å². The monoisotopic (exact) mass is 364 g/mol. The molecular formula is C17H19F3N6. The van der Waals surface area contributed by atoms with Crippen LogP contribution >= 0.6 is 0 Å². The summed E-state index contributed by atoms with van der Waals surface area (Å²) < 4.78 is 37.9. The van der Waals surface area contributed by atoms with E-state index in [1.807, 2.05) is 0 Å². The molecule has 0 amide bonds. The Balaban J connectivity index is 2.37. The summed E-state index contributed by atoms with van der Waals surface area (Å²) in [6.45, 7) is 3.50. The normalized spacial score (nSPS) is 13.4. The van der Waals surface area contributed by atoms with Crippen LogP contribution in [-0.4, -0.2) is 22.7 Å². The molecule has 138 valence electrons. The van der Waals surface area contributed by atoms with Gasteiger partial charge in [-0.3, -0.25) is 4.99 Å². The van der Waals surface area contributed by atoms with Crippen LogP contribution in [0.15, 0.2) is 41.0 Å². The lowest BCUT2D eigenvalue weighted by Gasteiger charge is -2.12. The maximum atomic E-state index is 12.6. The maximum Gasteiger partial charge on any atom is 0.416 e. The third kappa shape index (κ3) is 4.50. The third-order valence-electron chi connectivity index (χ3n) is 3.56. The van der Waals surface area contributed by atoms with E-state index in [4.69, 9.17) is 11.5 Å². The van der Waals surface area contributed by atoms with E-state index < -0.39 is 11.7 Å². The van der Waals surface area contributed by atoms with Crippen LogP contribution < -0.4 is 16.8 Å². The highest BCUT2D eigenvalue weighted by Crippen LogP contribution is 2.30. The summed E-state index contributed by atoms with van der Waals surface area (Å²) in [4.78, 5) is 12.5. The number of nitrogens with two attached hydrogens (primary N) is 2. The SMILES string of the molecule is CN=C(C)C(=C(C)N)c1cc(N)nc(Nc2ccc(C(F)(F)F)cc2)n1. The van der Waals surface area contributed by atoms with Crippen LogP contribution in [0.5, 0.6) is 0 Å². The molecule has 0 fully saturated rings. The molecule has 2 aromatic rings. The van der Waals surface area contributed by atoms with E-state index in [1.54, 1.807) is 27.0 Å². The molecule has 0 saturated heterocycles. The zero-order valence-electron chi connectivity index (χ0n) is 14.5. The first-order valence-electron chi connectivity index (χ1n) is 7.61. The van der Waals surface area contributed by atoms with Crippen molar-refractivity contribution in [2.45, 2.75) is 20.0 Å². The van der Waals surface area contributed by atoms with E-state index in [2.05, 4.69) is 20.3 Å². The number of anilines is 3. The van der Waals surface area contributed by atoms with Gasteiger partial charge in [-0.05, 0) is 38.1 Å². The Morgan fingerprint density at radius 1 is 1.12 bits per heavy atom. The Bertz CT molecular complexity index is 850. The topological polar surface area (TPSA) is 102 Å². The highest BCUT2D eigenvalue weighted by atomic mass is 19.4. The average molecular weight is 364 g/mol. The smallest absolute Gasteiger partial charge is 0.402 e. The largest absolute Gasteiger partial charge is 0.416 e. The van der Waals surface area contributed by atoms with Gasteiger partial charge in [0.1, 0.15) is 5.82 Å². The van der Waals surface area contributed by atoms with Crippen LogP contribution in [-0.2, 0) is 6.18 Å². The second kappa shape index (κ2) is 7.42. The van der Waals surface area contributed by atoms with E-state index >= 15 is 0 Å². The van der Waals surface area contributed by atoms with Gasteiger partial charge in [-0.15, -0.1) is 0 Å². The fraction of sp³-hybridized carbons (Fsp3) is 0.235. The Morgan fingerprint density at radius 2 is 1.73 bits per heavy atom. The quantitative estimate of drug-likeness (QED) is 0.720. The highest BCUT2D eigenvalue weighted by molar-refractivity contribution is 6.23. The number of aliphatic imine (C=N–C) groups is 1. The van der Waals surface area contributed by atoms with E-state index in [-0.39, 0.29) is 11.8 Å². The number of nitrogens with one attached hydrogen (secondary N) is 1. The van der Waals surface area contributed by atoms with Crippen LogP contribution in [0.4, 0.5) is 30.6 Å². The van der Waals surface area contributed by atoms with Crippen LogP contribution in [0.2, 0.25) is 0 Å². The summed E-state index contributed by atoms with van der Waals surface area (Å²) >= 11 is 0. The molecular weight excluding hydrogens is 345 g/mol. The Morgan fingerprint density at radius 3 is 2.23 bits per heavy atom. The highest BCUT2D eigenvalue weighted by Gasteiger charge is 2.29. The zero-order valence-corrected chi connectivity index (χ0v) is 14.5. The van der Waals surface area contributed by atoms with E-state index in [0.717, 1.165) is 12.1 Å². The van der Waals surface area contributed by atoms with Crippen LogP contribution in [0, 0.1) is 0 Å². The van der Waals surface area contributed by atoms with Gasteiger partial charge in [0.25, 0.3) is 0 Å². The molecule has 0 aliphatic carbocycles. The first kappa shape index (κ1) is 19.2. The summed E-state index contributed by atoms with van der Waals surface area (Å²) in [5, 5.41) is 2.84. The second-order valence-electron chi connectivity index (χ2n) is 5.57. The predicted octanol–water partition coefficient (Wildman–Crippen LogP) is 3.60. The fourth-order valence-corrected chi connectivity index (χ4v) is 2.31. The van der Waals surface area contributed by atoms with Crippen molar-refractivity contribution >= 4 is 28.7 Å². The van der Waals surface area contributed by atoms with Crippen molar-refractivity contribution in [1.29, 1.82) is 0 Å². The van der Waals surface area contributed by atoms with Gasteiger partial charge in [0.15, 0.2) is 0 Å². The number of rotatable bonds is 4. The predicted molar refractivity (Wildman–Crippen MR) is 97.0 cm³/mol. The lowest BCUT2D eigenvalue weighted by Crippen LogP contribution is -2.10. The van der Waals surface area contributed by atoms with Gasteiger partial charge in [-0.25, -0.2) is 4.98 Å². The third-order valence-corrected chi connectivity index (χ3v) is 3.56. The van der Waals surface area contributed by atoms with Crippen molar-refractivity contribution in [3.8, 4) is 0 Å². The van der Waals surface area contributed by atoms with Crippen molar-refractivity contribution in [3.05, 3.63) is 47.3 Å². The number of allylic oxidation sites excluding steroid dienone is 2. The summed E-state index contributed by atoms with van der Waals surface area (Å²) in [6.07, 6.45) is -4.39. The molecule has 0 unspecified atom stereocenters. The summed E-state index contributed by atoms with van der Waals surface area (Å²) in [7, 11) is 1.63. The first-order chi connectivity index (χ1) is 12.1. The molecule has 1 aromatic heterocycles. The van der Waals surface area contributed by atoms with E-state index in [9.17, 15) is 13.2 Å². The average Bonchev–Trinajstić information content (AvgIpc) is 2.53. The Labute approximate surface area is 148 Å². The Kier molecular flexibility index (Phi) is 5.49. The molecule has 1 heterocycles. The molecule has 0 atom stereocenters. The molecule has 0 spiro atoms. The van der Waals surface area contributed by atoms with Gasteiger partial charge in [-0.1, -0.05) is 0 Å². The molecule has 0 bridgehead atoms. The zero-order chi connectivity index (χ0) is 19.5. The lowest BCUT2D eigenvalue weighted by atomic mass is 10.1. The molecule has 0 aliphatic heterocycles. The number of hydrogen-bond acceptors (Lipinski definition) is 6. The second-order valence-corrected chi connectivity index (χ2v) is 5.57. The molecule has 9 heteroatoms. The summed E-state index contributed by atoms with van der Waals surface area (Å²) in [5.74, 6) is 0.328. The molecule has 26 heavy (non-hydrogen) atoms. The number of nitrogen functional groups attached to an aromatic ring is 1. The molecule has 6 nitrogen and oxygen atoms in total. The van der Waals surface area contributed by atoms with Gasteiger partial charge < -0.3 is 16.8 Å². The molecule has 0 saturated carbocycles. The molecule has 1 aromatic carbocycles. The molecule has 0 radical (unpaired) electrons. The number of hydrogen-bond donors (Lipinski definition) is 3. The number of aromatic nitrogens is 2. The lowest BCUT2D eigenvalue weighted by molar-refractivity contribution is -0.137. The van der Waals surface area contributed by atoms with E-state index in [0.29, 0.717) is 28.4 Å².